The second-order valence-electron chi connectivity index (χ2n) is 1.50. The van der Waals surface area contributed by atoms with Crippen LogP contribution in [-0.4, -0.2) is 20.9 Å². The first kappa shape index (κ1) is 9.12. The molecule has 0 radical (unpaired) electrons. The first-order chi connectivity index (χ1) is 4.48. The van der Waals surface area contributed by atoms with Gasteiger partial charge in [0.15, 0.2) is 0 Å². The van der Waals surface area contributed by atoms with Gasteiger partial charge in [0, 0.05) is 5.41 Å². The van der Waals surface area contributed by atoms with E-state index in [1.165, 1.54) is 0 Å². The van der Waals surface area contributed by atoms with Gasteiger partial charge in [0.25, 0.3) is 0 Å². The highest BCUT2D eigenvalue weighted by Crippen LogP contribution is 1.80. The largest absolute Gasteiger partial charge is 0.369 e. The number of nitrogens with one attached hydrogen (secondary N) is 1. The molecule has 0 atom stereocenters. The molecule has 0 saturated carbocycles. The molecular formula is C4H8N2O3S. The fourth-order valence-electron chi connectivity index (χ4n) is 0.231. The van der Waals surface area contributed by atoms with Gasteiger partial charge in [-0.3, -0.25) is 4.79 Å². The number of primary amides is 1. The van der Waals surface area contributed by atoms with Crippen molar-refractivity contribution >= 4 is 15.9 Å². The molecule has 0 aromatic carbocycles. The summed E-state index contributed by atoms with van der Waals surface area (Å²) in [4.78, 5) is 10.0. The Morgan fingerprint density at radius 2 is 2.20 bits per heavy atom. The molecular weight excluding hydrogens is 156 g/mol. The van der Waals surface area contributed by atoms with Crippen molar-refractivity contribution in [3.63, 3.8) is 0 Å². The van der Waals surface area contributed by atoms with Gasteiger partial charge >= 0.3 is 0 Å². The van der Waals surface area contributed by atoms with Gasteiger partial charge in [-0.15, -0.1) is 0 Å². The van der Waals surface area contributed by atoms with E-state index in [0.29, 0.717) is 5.41 Å². The van der Waals surface area contributed by atoms with Crippen LogP contribution in [0.25, 0.3) is 0 Å². The Kier molecular flexibility index (Phi) is 3.04. The standard InChI is InChI=1S/C4H8N2O3S/c1-2-10(8,9)6-3-4(5)7/h2,6H,1,3H2,(H2,5,7). The third-order valence-corrected chi connectivity index (χ3v) is 1.65. The lowest BCUT2D eigenvalue weighted by Crippen LogP contribution is -2.31. The number of carbonyl (C=O) groups is 1. The zero-order valence-corrected chi connectivity index (χ0v) is 6.02. The van der Waals surface area contributed by atoms with Crippen molar-refractivity contribution in [3.8, 4) is 0 Å². The Morgan fingerprint density at radius 1 is 1.70 bits per heavy atom. The summed E-state index contributed by atoms with van der Waals surface area (Å²) in [5, 5.41) is 0.704. The summed E-state index contributed by atoms with van der Waals surface area (Å²) < 4.78 is 22.8. The first-order valence-corrected chi connectivity index (χ1v) is 3.93. The summed E-state index contributed by atoms with van der Waals surface area (Å²) in [6, 6.07) is 0. The molecule has 0 aromatic rings. The lowest BCUT2D eigenvalue weighted by atomic mass is 10.7. The van der Waals surface area contributed by atoms with E-state index in [2.05, 4.69) is 12.3 Å². The number of hydrogen-bond donors (Lipinski definition) is 2. The molecule has 58 valence electrons. The van der Waals surface area contributed by atoms with Crippen molar-refractivity contribution in [1.29, 1.82) is 0 Å². The summed E-state index contributed by atoms with van der Waals surface area (Å²) in [5.74, 6) is -0.731. The highest BCUT2D eigenvalue weighted by molar-refractivity contribution is 7.92. The van der Waals surface area contributed by atoms with Crippen LogP contribution < -0.4 is 10.5 Å². The quantitative estimate of drug-likeness (QED) is 0.531. The molecule has 1 amide bonds. The smallest absolute Gasteiger partial charge is 0.233 e. The van der Waals surface area contributed by atoms with E-state index in [1.54, 1.807) is 0 Å². The second kappa shape index (κ2) is 3.33. The predicted molar refractivity (Wildman–Crippen MR) is 36.3 cm³/mol. The van der Waals surface area contributed by atoms with E-state index in [9.17, 15) is 13.2 Å². The SMILES string of the molecule is C=CS(=O)(=O)NCC(N)=O. The van der Waals surface area contributed by atoms with E-state index in [0.717, 1.165) is 0 Å². The van der Waals surface area contributed by atoms with Crippen molar-refractivity contribution in [2.75, 3.05) is 6.54 Å². The fraction of sp³-hybridized carbons (Fsp3) is 0.250. The van der Waals surface area contributed by atoms with Crippen LogP contribution in [0.3, 0.4) is 0 Å². The number of rotatable bonds is 4. The summed E-state index contributed by atoms with van der Waals surface area (Å²) in [6.45, 7) is 2.61. The molecule has 10 heavy (non-hydrogen) atoms. The van der Waals surface area contributed by atoms with Crippen LogP contribution in [0.4, 0.5) is 0 Å². The molecule has 5 nitrogen and oxygen atoms in total. The molecule has 0 saturated heterocycles. The van der Waals surface area contributed by atoms with Gasteiger partial charge < -0.3 is 5.73 Å². The number of nitrogens with two attached hydrogens (primary N) is 1. The maximum Gasteiger partial charge on any atom is 0.233 e. The van der Waals surface area contributed by atoms with Gasteiger partial charge in [0.05, 0.1) is 6.54 Å². The number of sulfonamides is 1. The lowest BCUT2D eigenvalue weighted by molar-refractivity contribution is -0.116. The average molecular weight is 164 g/mol. The van der Waals surface area contributed by atoms with Gasteiger partial charge in [-0.05, 0) is 0 Å². The molecule has 0 aliphatic carbocycles. The Morgan fingerprint density at radius 3 is 2.50 bits per heavy atom. The number of amides is 1. The minimum atomic E-state index is -3.50. The van der Waals surface area contributed by atoms with Crippen molar-refractivity contribution in [3.05, 3.63) is 12.0 Å². The zero-order valence-electron chi connectivity index (χ0n) is 5.20. The minimum absolute atomic E-state index is 0.394. The molecule has 0 fully saturated rings. The highest BCUT2D eigenvalue weighted by atomic mass is 32.2. The van der Waals surface area contributed by atoms with Crippen LogP contribution in [0, 0.1) is 0 Å². The van der Waals surface area contributed by atoms with Gasteiger partial charge in [0.2, 0.25) is 15.9 Å². The van der Waals surface area contributed by atoms with Crippen LogP contribution in [0.15, 0.2) is 12.0 Å². The molecule has 0 aromatic heterocycles. The van der Waals surface area contributed by atoms with Crippen LogP contribution >= 0.6 is 0 Å². The highest BCUT2D eigenvalue weighted by Gasteiger charge is 2.03. The Balaban J connectivity index is 3.93. The zero-order chi connectivity index (χ0) is 8.20. The van der Waals surface area contributed by atoms with Crippen molar-refractivity contribution in [1.82, 2.24) is 4.72 Å². The monoisotopic (exact) mass is 164 g/mol. The Labute approximate surface area is 59.0 Å². The van der Waals surface area contributed by atoms with Crippen molar-refractivity contribution in [2.24, 2.45) is 5.73 Å². The van der Waals surface area contributed by atoms with E-state index in [1.807, 2.05) is 4.72 Å². The van der Waals surface area contributed by atoms with Crippen LogP contribution in [-0.2, 0) is 14.8 Å². The first-order valence-electron chi connectivity index (χ1n) is 2.38. The van der Waals surface area contributed by atoms with Crippen molar-refractivity contribution in [2.45, 2.75) is 0 Å². The predicted octanol–water partition coefficient (Wildman–Crippen LogP) is -1.47. The summed E-state index contributed by atoms with van der Waals surface area (Å²) >= 11 is 0. The molecule has 3 N–H and O–H groups in total. The van der Waals surface area contributed by atoms with E-state index >= 15 is 0 Å². The molecule has 0 spiro atoms. The van der Waals surface area contributed by atoms with Crippen LogP contribution in [0.1, 0.15) is 0 Å². The number of hydrogen-bond acceptors (Lipinski definition) is 3. The third kappa shape index (κ3) is 4.04. The topological polar surface area (TPSA) is 89.3 Å². The summed E-state index contributed by atoms with van der Waals surface area (Å²) in [6.07, 6.45) is 0. The molecule has 0 aliphatic rings. The second-order valence-corrected chi connectivity index (χ2v) is 3.21. The average Bonchev–Trinajstić information content (AvgIpc) is 1.85. The summed E-state index contributed by atoms with van der Waals surface area (Å²) in [5.41, 5.74) is 4.65. The van der Waals surface area contributed by atoms with Gasteiger partial charge in [-0.1, -0.05) is 6.58 Å². The molecule has 0 bridgehead atoms. The molecule has 6 heteroatoms. The Bertz CT molecular complexity index is 231. The summed E-state index contributed by atoms with van der Waals surface area (Å²) in [7, 11) is -3.50. The lowest BCUT2D eigenvalue weighted by Gasteiger charge is -1.96. The van der Waals surface area contributed by atoms with Crippen LogP contribution in [0.2, 0.25) is 0 Å². The maximum atomic E-state index is 10.5. The third-order valence-electron chi connectivity index (χ3n) is 0.667. The van der Waals surface area contributed by atoms with E-state index < -0.39 is 22.5 Å². The fourth-order valence-corrected chi connectivity index (χ4v) is 0.692. The minimum Gasteiger partial charge on any atom is -0.369 e. The normalized spacial score (nSPS) is 10.8. The molecule has 0 aliphatic heterocycles. The van der Waals surface area contributed by atoms with E-state index in [4.69, 9.17) is 0 Å². The van der Waals surface area contributed by atoms with E-state index in [-0.39, 0.29) is 0 Å². The maximum absolute atomic E-state index is 10.5. The molecule has 0 unspecified atom stereocenters. The van der Waals surface area contributed by atoms with Gasteiger partial charge in [-0.2, -0.15) is 0 Å². The van der Waals surface area contributed by atoms with Crippen LogP contribution in [0.5, 0.6) is 0 Å². The van der Waals surface area contributed by atoms with Crippen molar-refractivity contribution < 1.29 is 13.2 Å². The Hall–Kier alpha value is -0.880. The molecule has 0 rings (SSSR count). The molecule has 0 heterocycles. The number of carbonyl (C=O) groups excluding carboxylic acids is 1. The van der Waals surface area contributed by atoms with Gasteiger partial charge in [-0.25, -0.2) is 13.1 Å². The van der Waals surface area contributed by atoms with Gasteiger partial charge in [0.1, 0.15) is 0 Å².